The molecule has 0 saturated heterocycles. The number of rotatable bonds is 8. The summed E-state index contributed by atoms with van der Waals surface area (Å²) in [4.78, 5) is 10.5. The van der Waals surface area contributed by atoms with Gasteiger partial charge in [-0.15, -0.1) is 18.2 Å². The monoisotopic (exact) mass is 285 g/mol. The topological polar surface area (TPSA) is 87.4 Å². The van der Waals surface area contributed by atoms with Crippen LogP contribution in [-0.2, 0) is 0 Å². The van der Waals surface area contributed by atoms with Gasteiger partial charge in [0.15, 0.2) is 0 Å². The quantitative estimate of drug-likeness (QED) is 0.295. The van der Waals surface area contributed by atoms with Crippen LogP contribution in [0.5, 0.6) is 0 Å². The zero-order valence-electron chi connectivity index (χ0n) is 10.3. The summed E-state index contributed by atoms with van der Waals surface area (Å²) in [5.41, 5.74) is 0.945. The highest BCUT2D eigenvalue weighted by molar-refractivity contribution is 6.18. The molecule has 0 aliphatic rings. The summed E-state index contributed by atoms with van der Waals surface area (Å²) in [6.07, 6.45) is 0.923. The van der Waals surface area contributed by atoms with Gasteiger partial charge in [0.2, 0.25) is 0 Å². The molecule has 19 heavy (non-hydrogen) atoms. The van der Waals surface area contributed by atoms with Crippen LogP contribution in [0.25, 0.3) is 0 Å². The van der Waals surface area contributed by atoms with Gasteiger partial charge in [0.05, 0.1) is 16.9 Å². The van der Waals surface area contributed by atoms with Crippen molar-refractivity contribution in [3.05, 3.63) is 41.0 Å². The summed E-state index contributed by atoms with van der Waals surface area (Å²) in [6, 6.07) is 4.71. The predicted octanol–water partition coefficient (Wildman–Crippen LogP) is 2.20. The van der Waals surface area contributed by atoms with E-state index in [2.05, 4.69) is 17.2 Å². The second-order valence-corrected chi connectivity index (χ2v) is 4.16. The number of halogens is 1. The number of aliphatic hydroxyl groups is 1. The Morgan fingerprint density at radius 1 is 1.53 bits per heavy atom. The Balaban J connectivity index is 2.83. The van der Waals surface area contributed by atoms with E-state index in [0.29, 0.717) is 17.9 Å². The molecular formula is C12H16ClN3O3. The van der Waals surface area contributed by atoms with Crippen LogP contribution < -0.4 is 10.6 Å². The van der Waals surface area contributed by atoms with Gasteiger partial charge in [0.1, 0.15) is 5.69 Å². The Labute approximate surface area is 116 Å². The molecule has 0 amide bonds. The molecule has 0 heterocycles. The largest absolute Gasteiger partial charge is 0.390 e. The van der Waals surface area contributed by atoms with Crippen LogP contribution in [0.15, 0.2) is 30.9 Å². The standard InChI is InChI=1S/C12H16ClN3O3/c1-2-5-14-11-4-3-9(6-12(11)16(18)19)15-8-10(17)7-13/h2-4,6,10,14-15,17H,1,5,7-8H2. The molecule has 1 aromatic carbocycles. The summed E-state index contributed by atoms with van der Waals surface area (Å²) in [5, 5.41) is 26.1. The average molecular weight is 286 g/mol. The molecule has 1 unspecified atom stereocenters. The number of nitrogens with one attached hydrogen (secondary N) is 2. The van der Waals surface area contributed by atoms with Crippen LogP contribution in [0.2, 0.25) is 0 Å². The van der Waals surface area contributed by atoms with Gasteiger partial charge in [-0.3, -0.25) is 10.1 Å². The van der Waals surface area contributed by atoms with Crippen LogP contribution in [0, 0.1) is 10.1 Å². The molecule has 104 valence electrons. The van der Waals surface area contributed by atoms with E-state index in [-0.39, 0.29) is 18.1 Å². The summed E-state index contributed by atoms with van der Waals surface area (Å²) in [6.45, 7) is 4.22. The van der Waals surface area contributed by atoms with E-state index in [1.54, 1.807) is 18.2 Å². The van der Waals surface area contributed by atoms with E-state index in [1.165, 1.54) is 6.07 Å². The highest BCUT2D eigenvalue weighted by Crippen LogP contribution is 2.27. The smallest absolute Gasteiger partial charge is 0.294 e. The molecule has 6 nitrogen and oxygen atoms in total. The van der Waals surface area contributed by atoms with Crippen molar-refractivity contribution in [2.24, 2.45) is 0 Å². The lowest BCUT2D eigenvalue weighted by atomic mass is 10.2. The van der Waals surface area contributed by atoms with Crippen molar-refractivity contribution in [1.29, 1.82) is 0 Å². The zero-order chi connectivity index (χ0) is 14.3. The molecule has 0 fully saturated rings. The highest BCUT2D eigenvalue weighted by atomic mass is 35.5. The normalized spacial score (nSPS) is 11.7. The maximum atomic E-state index is 11.0. The summed E-state index contributed by atoms with van der Waals surface area (Å²) in [5.74, 6) is 0.105. The first-order valence-corrected chi connectivity index (χ1v) is 6.23. The molecule has 0 radical (unpaired) electrons. The number of hydrogen-bond donors (Lipinski definition) is 3. The number of nitro benzene ring substituents is 1. The van der Waals surface area contributed by atoms with Crippen molar-refractivity contribution >= 4 is 28.7 Å². The highest BCUT2D eigenvalue weighted by Gasteiger charge is 2.14. The maximum Gasteiger partial charge on any atom is 0.294 e. The van der Waals surface area contributed by atoms with E-state index in [0.717, 1.165) is 0 Å². The van der Waals surface area contributed by atoms with Gasteiger partial charge < -0.3 is 15.7 Å². The minimum Gasteiger partial charge on any atom is -0.390 e. The van der Waals surface area contributed by atoms with Crippen LogP contribution in [0.1, 0.15) is 0 Å². The fourth-order valence-electron chi connectivity index (χ4n) is 1.41. The van der Waals surface area contributed by atoms with Crippen LogP contribution in [0.3, 0.4) is 0 Å². The van der Waals surface area contributed by atoms with Gasteiger partial charge in [-0.2, -0.15) is 0 Å². The van der Waals surface area contributed by atoms with Crippen molar-refractivity contribution in [3.63, 3.8) is 0 Å². The minimum absolute atomic E-state index is 0.0350. The van der Waals surface area contributed by atoms with Crippen molar-refractivity contribution in [1.82, 2.24) is 0 Å². The lowest BCUT2D eigenvalue weighted by Crippen LogP contribution is -2.20. The molecular weight excluding hydrogens is 270 g/mol. The van der Waals surface area contributed by atoms with E-state index in [4.69, 9.17) is 11.6 Å². The maximum absolute atomic E-state index is 11.0. The summed E-state index contributed by atoms with van der Waals surface area (Å²) >= 11 is 5.46. The molecule has 1 aromatic rings. The fraction of sp³-hybridized carbons (Fsp3) is 0.333. The number of anilines is 2. The Bertz CT molecular complexity index is 454. The molecule has 7 heteroatoms. The Morgan fingerprint density at radius 3 is 2.84 bits per heavy atom. The molecule has 0 aliphatic heterocycles. The van der Waals surface area contributed by atoms with Gasteiger partial charge in [-0.05, 0) is 12.1 Å². The first-order chi connectivity index (χ1) is 9.08. The number of aliphatic hydroxyl groups excluding tert-OH is 1. The van der Waals surface area contributed by atoms with Gasteiger partial charge in [-0.25, -0.2) is 0 Å². The second kappa shape index (κ2) is 7.60. The first kappa shape index (κ1) is 15.3. The minimum atomic E-state index is -0.695. The first-order valence-electron chi connectivity index (χ1n) is 5.69. The number of benzene rings is 1. The summed E-state index contributed by atoms with van der Waals surface area (Å²) < 4.78 is 0. The molecule has 1 atom stereocenters. The number of nitrogens with zero attached hydrogens (tertiary/aromatic N) is 1. The predicted molar refractivity (Wildman–Crippen MR) is 77.0 cm³/mol. The Hall–Kier alpha value is -1.79. The third-order valence-electron chi connectivity index (χ3n) is 2.35. The molecule has 0 bridgehead atoms. The lowest BCUT2D eigenvalue weighted by molar-refractivity contribution is -0.383. The van der Waals surface area contributed by atoms with E-state index in [1.807, 2.05) is 0 Å². The van der Waals surface area contributed by atoms with Crippen LogP contribution in [0.4, 0.5) is 17.1 Å². The van der Waals surface area contributed by atoms with E-state index < -0.39 is 11.0 Å². The number of nitro groups is 1. The van der Waals surface area contributed by atoms with Crippen molar-refractivity contribution in [2.75, 3.05) is 29.6 Å². The van der Waals surface area contributed by atoms with E-state index >= 15 is 0 Å². The molecule has 0 spiro atoms. The van der Waals surface area contributed by atoms with Crippen LogP contribution in [-0.4, -0.2) is 35.1 Å². The number of alkyl halides is 1. The Kier molecular flexibility index (Phi) is 6.11. The van der Waals surface area contributed by atoms with Crippen molar-refractivity contribution < 1.29 is 10.0 Å². The van der Waals surface area contributed by atoms with Gasteiger partial charge in [0, 0.05) is 24.8 Å². The van der Waals surface area contributed by atoms with Crippen molar-refractivity contribution in [3.8, 4) is 0 Å². The molecule has 0 aliphatic carbocycles. The molecule has 3 N–H and O–H groups in total. The molecule has 1 rings (SSSR count). The summed E-state index contributed by atoms with van der Waals surface area (Å²) in [7, 11) is 0. The Morgan fingerprint density at radius 2 is 2.26 bits per heavy atom. The molecule has 0 saturated carbocycles. The lowest BCUT2D eigenvalue weighted by Gasteiger charge is -2.11. The number of hydrogen-bond acceptors (Lipinski definition) is 5. The molecule has 0 aromatic heterocycles. The van der Waals surface area contributed by atoms with Gasteiger partial charge in [-0.1, -0.05) is 6.08 Å². The average Bonchev–Trinajstić information content (AvgIpc) is 2.42. The SMILES string of the molecule is C=CCNc1ccc(NCC(O)CCl)cc1[N+](=O)[O-]. The van der Waals surface area contributed by atoms with Gasteiger partial charge in [0.25, 0.3) is 5.69 Å². The third kappa shape index (κ3) is 4.76. The van der Waals surface area contributed by atoms with Gasteiger partial charge >= 0.3 is 0 Å². The fourth-order valence-corrected chi connectivity index (χ4v) is 1.52. The zero-order valence-corrected chi connectivity index (χ0v) is 11.1. The van der Waals surface area contributed by atoms with Crippen molar-refractivity contribution in [2.45, 2.75) is 6.10 Å². The second-order valence-electron chi connectivity index (χ2n) is 3.85. The van der Waals surface area contributed by atoms with Crippen LogP contribution >= 0.6 is 11.6 Å². The third-order valence-corrected chi connectivity index (χ3v) is 2.71. The van der Waals surface area contributed by atoms with E-state index in [9.17, 15) is 15.2 Å².